The van der Waals surface area contributed by atoms with Gasteiger partial charge in [0, 0.05) is 11.9 Å². The molecule has 2 aromatic heterocycles. The quantitative estimate of drug-likeness (QED) is 0.744. The summed E-state index contributed by atoms with van der Waals surface area (Å²) in [5.41, 5.74) is 1.66. The van der Waals surface area contributed by atoms with Gasteiger partial charge >= 0.3 is 5.69 Å². The zero-order chi connectivity index (χ0) is 10.8. The molecule has 2 rings (SSSR count). The first-order valence-electron chi connectivity index (χ1n) is 4.46. The average Bonchev–Trinajstić information content (AvgIpc) is 2.53. The van der Waals surface area contributed by atoms with Crippen molar-refractivity contribution in [2.75, 3.05) is 0 Å². The van der Waals surface area contributed by atoms with Gasteiger partial charge in [-0.2, -0.15) is 0 Å². The fourth-order valence-electron chi connectivity index (χ4n) is 1.25. The number of nitrogens with zero attached hydrogens (tertiary/aromatic N) is 2. The monoisotopic (exact) mass is 222 g/mol. The van der Waals surface area contributed by atoms with E-state index in [1.165, 1.54) is 4.57 Å². The van der Waals surface area contributed by atoms with Crippen LogP contribution in [-0.2, 0) is 6.54 Å². The van der Waals surface area contributed by atoms with Crippen LogP contribution in [0.1, 0.15) is 11.3 Å². The summed E-state index contributed by atoms with van der Waals surface area (Å²) in [6.07, 6.45) is 1.74. The highest BCUT2D eigenvalue weighted by Gasteiger charge is 2.01. The highest BCUT2D eigenvalue weighted by atomic mass is 32.1. The van der Waals surface area contributed by atoms with E-state index in [4.69, 9.17) is 12.2 Å². The molecule has 0 atom stereocenters. The number of hydrogen-bond donors (Lipinski definition) is 2. The molecule has 0 amide bonds. The molecule has 0 saturated heterocycles. The highest BCUT2D eigenvalue weighted by molar-refractivity contribution is 7.71. The maximum Gasteiger partial charge on any atom is 0.342 e. The van der Waals surface area contributed by atoms with Crippen LogP contribution >= 0.6 is 12.2 Å². The number of aromatic nitrogens is 4. The van der Waals surface area contributed by atoms with Crippen molar-refractivity contribution in [1.29, 1.82) is 0 Å². The summed E-state index contributed by atoms with van der Waals surface area (Å²) in [5, 5.41) is 5.01. The van der Waals surface area contributed by atoms with E-state index in [1.807, 2.05) is 19.1 Å². The zero-order valence-corrected chi connectivity index (χ0v) is 8.97. The van der Waals surface area contributed by atoms with E-state index in [1.54, 1.807) is 6.20 Å². The van der Waals surface area contributed by atoms with E-state index < -0.39 is 0 Å². The second-order valence-corrected chi connectivity index (χ2v) is 3.64. The number of aromatic amines is 2. The van der Waals surface area contributed by atoms with Crippen LogP contribution in [0.15, 0.2) is 23.1 Å². The van der Waals surface area contributed by atoms with E-state index in [9.17, 15) is 4.79 Å². The van der Waals surface area contributed by atoms with Crippen LogP contribution in [0, 0.1) is 11.7 Å². The molecule has 15 heavy (non-hydrogen) atoms. The fraction of sp³-hybridized carbons (Fsp3) is 0.222. The molecule has 0 radical (unpaired) electrons. The van der Waals surface area contributed by atoms with Gasteiger partial charge in [0.05, 0.1) is 6.54 Å². The topological polar surface area (TPSA) is 66.5 Å². The Morgan fingerprint density at radius 1 is 1.47 bits per heavy atom. The molecule has 0 spiro atoms. The summed E-state index contributed by atoms with van der Waals surface area (Å²) in [7, 11) is 0. The molecule has 0 aromatic carbocycles. The first kappa shape index (κ1) is 9.85. The number of aryl methyl sites for hydroxylation is 1. The predicted molar refractivity (Wildman–Crippen MR) is 58.3 cm³/mol. The largest absolute Gasteiger partial charge is 0.342 e. The maximum absolute atomic E-state index is 11.3. The summed E-state index contributed by atoms with van der Waals surface area (Å²) in [5.74, 6) is 0. The van der Waals surface area contributed by atoms with Gasteiger partial charge in [-0.1, -0.05) is 6.07 Å². The molecule has 2 heterocycles. The van der Waals surface area contributed by atoms with Crippen LogP contribution in [0.2, 0.25) is 0 Å². The lowest BCUT2D eigenvalue weighted by Crippen LogP contribution is -2.17. The van der Waals surface area contributed by atoms with Crippen molar-refractivity contribution in [3.63, 3.8) is 0 Å². The lowest BCUT2D eigenvalue weighted by molar-refractivity contribution is 0.747. The molecule has 78 valence electrons. The van der Waals surface area contributed by atoms with Crippen molar-refractivity contribution in [3.8, 4) is 0 Å². The third-order valence-electron chi connectivity index (χ3n) is 2.08. The minimum atomic E-state index is -0.236. The van der Waals surface area contributed by atoms with Gasteiger partial charge in [0.25, 0.3) is 0 Å². The van der Waals surface area contributed by atoms with Crippen molar-refractivity contribution < 1.29 is 0 Å². The minimum Gasteiger partial charge on any atom is -0.272 e. The van der Waals surface area contributed by atoms with Gasteiger partial charge in [0.15, 0.2) is 4.77 Å². The van der Waals surface area contributed by atoms with Crippen LogP contribution in [0.25, 0.3) is 0 Å². The van der Waals surface area contributed by atoms with Crippen LogP contribution in [-0.4, -0.2) is 19.7 Å². The van der Waals surface area contributed by atoms with Gasteiger partial charge in [-0.3, -0.25) is 14.6 Å². The molecular formula is C9H10N4OS. The maximum atomic E-state index is 11.3. The molecule has 6 heteroatoms. The van der Waals surface area contributed by atoms with Crippen molar-refractivity contribution in [3.05, 3.63) is 44.8 Å². The number of rotatable bonds is 2. The SMILES string of the molecule is Cc1ccc(Cn2c(=O)[nH][nH]c2=S)cn1. The summed E-state index contributed by atoms with van der Waals surface area (Å²) >= 11 is 4.95. The van der Waals surface area contributed by atoms with E-state index in [-0.39, 0.29) is 5.69 Å². The molecule has 0 aliphatic rings. The molecule has 0 saturated carbocycles. The van der Waals surface area contributed by atoms with E-state index in [2.05, 4.69) is 15.2 Å². The molecule has 0 fully saturated rings. The Balaban J connectivity index is 2.34. The number of pyridine rings is 1. The van der Waals surface area contributed by atoms with E-state index in [0.29, 0.717) is 11.3 Å². The van der Waals surface area contributed by atoms with Crippen molar-refractivity contribution in [2.45, 2.75) is 13.5 Å². The Hall–Kier alpha value is -1.69. The Bertz CT molecular complexity index is 535. The molecule has 0 unspecified atom stereocenters. The van der Waals surface area contributed by atoms with Gasteiger partial charge in [-0.15, -0.1) is 0 Å². The summed E-state index contributed by atoms with van der Waals surface area (Å²) < 4.78 is 1.84. The summed E-state index contributed by atoms with van der Waals surface area (Å²) in [6, 6.07) is 3.83. The summed E-state index contributed by atoms with van der Waals surface area (Å²) in [6.45, 7) is 2.35. The average molecular weight is 222 g/mol. The second-order valence-electron chi connectivity index (χ2n) is 3.25. The van der Waals surface area contributed by atoms with Crippen molar-refractivity contribution in [1.82, 2.24) is 19.7 Å². The Labute approximate surface area is 90.8 Å². The molecule has 0 aliphatic carbocycles. The first-order valence-corrected chi connectivity index (χ1v) is 4.86. The molecule has 0 bridgehead atoms. The van der Waals surface area contributed by atoms with Gasteiger partial charge in [0.1, 0.15) is 0 Å². The van der Waals surface area contributed by atoms with Crippen molar-refractivity contribution >= 4 is 12.2 Å². The fourth-order valence-corrected chi connectivity index (χ4v) is 1.45. The standard InChI is InChI=1S/C9H10N4OS/c1-6-2-3-7(4-10-6)5-13-8(14)11-12-9(13)15/h2-4H,5H2,1H3,(H,11,14)(H,12,15). The number of nitrogens with one attached hydrogen (secondary N) is 2. The molecule has 5 nitrogen and oxygen atoms in total. The van der Waals surface area contributed by atoms with Gasteiger partial charge in [-0.05, 0) is 30.8 Å². The van der Waals surface area contributed by atoms with Crippen LogP contribution < -0.4 is 5.69 Å². The molecule has 0 aliphatic heterocycles. The van der Waals surface area contributed by atoms with Crippen molar-refractivity contribution in [2.24, 2.45) is 0 Å². The number of H-pyrrole nitrogens is 2. The highest BCUT2D eigenvalue weighted by Crippen LogP contribution is 2.00. The Kier molecular flexibility index (Phi) is 2.51. The van der Waals surface area contributed by atoms with Gasteiger partial charge < -0.3 is 0 Å². The Morgan fingerprint density at radius 3 is 2.80 bits per heavy atom. The Morgan fingerprint density at radius 2 is 2.27 bits per heavy atom. The first-order chi connectivity index (χ1) is 7.16. The van der Waals surface area contributed by atoms with Crippen LogP contribution in [0.5, 0.6) is 0 Å². The van der Waals surface area contributed by atoms with Gasteiger partial charge in [-0.25, -0.2) is 9.89 Å². The number of hydrogen-bond acceptors (Lipinski definition) is 3. The van der Waals surface area contributed by atoms with E-state index >= 15 is 0 Å². The summed E-state index contributed by atoms with van der Waals surface area (Å²) in [4.78, 5) is 15.4. The second kappa shape index (κ2) is 3.82. The molecular weight excluding hydrogens is 212 g/mol. The predicted octanol–water partition coefficient (Wildman–Crippen LogP) is 0.986. The van der Waals surface area contributed by atoms with Crippen LogP contribution in [0.4, 0.5) is 0 Å². The lowest BCUT2D eigenvalue weighted by Gasteiger charge is -2.00. The van der Waals surface area contributed by atoms with Crippen LogP contribution in [0.3, 0.4) is 0 Å². The zero-order valence-electron chi connectivity index (χ0n) is 8.15. The minimum absolute atomic E-state index is 0.236. The molecule has 2 N–H and O–H groups in total. The van der Waals surface area contributed by atoms with E-state index in [0.717, 1.165) is 11.3 Å². The normalized spacial score (nSPS) is 10.5. The third-order valence-corrected chi connectivity index (χ3v) is 2.40. The smallest absolute Gasteiger partial charge is 0.272 e. The van der Waals surface area contributed by atoms with Gasteiger partial charge in [0.2, 0.25) is 0 Å². The third kappa shape index (κ3) is 2.04. The lowest BCUT2D eigenvalue weighted by atomic mass is 10.2. The molecule has 2 aromatic rings.